The quantitative estimate of drug-likeness (QED) is 0.544. The van der Waals surface area contributed by atoms with Gasteiger partial charge >= 0.3 is 0 Å². The molecule has 1 rings (SSSR count). The molecular weight excluding hydrogens is 204 g/mol. The van der Waals surface area contributed by atoms with Crippen LogP contribution < -0.4 is 0 Å². The fourth-order valence-corrected chi connectivity index (χ4v) is 1.59. The molecule has 3 nitrogen and oxygen atoms in total. The molecule has 0 atom stereocenters. The molecule has 0 aromatic carbocycles. The van der Waals surface area contributed by atoms with E-state index in [9.17, 15) is 9.59 Å². The lowest BCUT2D eigenvalue weighted by atomic mass is 9.80. The molecule has 16 heavy (non-hydrogen) atoms. The molecule has 1 aliphatic carbocycles. The van der Waals surface area contributed by atoms with E-state index in [4.69, 9.17) is 4.74 Å². The minimum absolute atomic E-state index is 0.374. The SMILES string of the molecule is CCCOC1=C(C(C)(C)C)C(=O)C(=O)C=C1. The molecule has 0 radical (unpaired) electrons. The summed E-state index contributed by atoms with van der Waals surface area (Å²) in [6.45, 7) is 8.27. The molecule has 3 heteroatoms. The second-order valence-electron chi connectivity index (χ2n) is 4.86. The second kappa shape index (κ2) is 4.64. The largest absolute Gasteiger partial charge is 0.493 e. The van der Waals surface area contributed by atoms with Gasteiger partial charge in [-0.25, -0.2) is 0 Å². The Morgan fingerprint density at radius 2 is 1.81 bits per heavy atom. The van der Waals surface area contributed by atoms with Gasteiger partial charge in [-0.05, 0) is 24.0 Å². The van der Waals surface area contributed by atoms with E-state index in [1.807, 2.05) is 27.7 Å². The Balaban J connectivity index is 3.13. The van der Waals surface area contributed by atoms with Crippen molar-refractivity contribution in [3.8, 4) is 0 Å². The van der Waals surface area contributed by atoms with Crippen molar-refractivity contribution in [2.45, 2.75) is 34.1 Å². The van der Waals surface area contributed by atoms with Crippen LogP contribution in [-0.2, 0) is 14.3 Å². The van der Waals surface area contributed by atoms with Gasteiger partial charge in [0.15, 0.2) is 0 Å². The van der Waals surface area contributed by atoms with Gasteiger partial charge in [-0.1, -0.05) is 27.7 Å². The Kier molecular flexibility index (Phi) is 3.68. The third-order valence-corrected chi connectivity index (χ3v) is 2.30. The molecule has 0 aliphatic heterocycles. The van der Waals surface area contributed by atoms with Gasteiger partial charge in [0.05, 0.1) is 12.2 Å². The second-order valence-corrected chi connectivity index (χ2v) is 4.86. The van der Waals surface area contributed by atoms with E-state index in [1.165, 1.54) is 6.08 Å². The van der Waals surface area contributed by atoms with Crippen molar-refractivity contribution >= 4 is 11.6 Å². The standard InChI is InChI=1S/C13H18O3/c1-5-8-16-10-7-6-9(14)12(15)11(10)13(2,3)4/h6-7H,5,8H2,1-4H3. The number of carbonyl (C=O) groups excluding carboxylic acids is 2. The third kappa shape index (κ3) is 2.60. The minimum atomic E-state index is -0.464. The van der Waals surface area contributed by atoms with Crippen LogP contribution in [0, 0.1) is 5.41 Å². The average Bonchev–Trinajstić information content (AvgIpc) is 2.17. The van der Waals surface area contributed by atoms with Gasteiger partial charge in [0.1, 0.15) is 5.76 Å². The highest BCUT2D eigenvalue weighted by Gasteiger charge is 2.33. The van der Waals surface area contributed by atoms with E-state index in [1.54, 1.807) is 6.08 Å². The molecular formula is C13H18O3. The van der Waals surface area contributed by atoms with Crippen LogP contribution in [0.2, 0.25) is 0 Å². The Bertz CT molecular complexity index is 367. The molecule has 0 aromatic rings. The fourth-order valence-electron chi connectivity index (χ4n) is 1.59. The van der Waals surface area contributed by atoms with Crippen molar-refractivity contribution in [2.75, 3.05) is 6.61 Å². The molecule has 1 aliphatic rings. The molecule has 0 aromatic heterocycles. The van der Waals surface area contributed by atoms with Crippen LogP contribution in [0.1, 0.15) is 34.1 Å². The van der Waals surface area contributed by atoms with Crippen LogP contribution in [0.5, 0.6) is 0 Å². The summed E-state index contributed by atoms with van der Waals surface area (Å²) >= 11 is 0. The predicted octanol–water partition coefficient (Wildman–Crippen LogP) is 2.42. The summed E-state index contributed by atoms with van der Waals surface area (Å²) < 4.78 is 5.51. The van der Waals surface area contributed by atoms with E-state index in [0.717, 1.165) is 6.42 Å². The smallest absolute Gasteiger partial charge is 0.233 e. The predicted molar refractivity (Wildman–Crippen MR) is 61.9 cm³/mol. The van der Waals surface area contributed by atoms with E-state index in [2.05, 4.69) is 0 Å². The lowest BCUT2D eigenvalue weighted by Gasteiger charge is -2.25. The highest BCUT2D eigenvalue weighted by Crippen LogP contribution is 2.32. The third-order valence-electron chi connectivity index (χ3n) is 2.30. The van der Waals surface area contributed by atoms with E-state index in [-0.39, 0.29) is 5.41 Å². The van der Waals surface area contributed by atoms with Crippen LogP contribution in [-0.4, -0.2) is 18.2 Å². The maximum absolute atomic E-state index is 11.8. The first kappa shape index (κ1) is 12.7. The summed E-state index contributed by atoms with van der Waals surface area (Å²) in [6, 6.07) is 0. The van der Waals surface area contributed by atoms with Crippen molar-refractivity contribution < 1.29 is 14.3 Å². The molecule has 0 unspecified atom stereocenters. The molecule has 0 fully saturated rings. The summed E-state index contributed by atoms with van der Waals surface area (Å²) in [4.78, 5) is 23.2. The summed E-state index contributed by atoms with van der Waals surface area (Å²) in [6.07, 6.45) is 3.75. The van der Waals surface area contributed by atoms with Crippen molar-refractivity contribution in [3.63, 3.8) is 0 Å². The van der Waals surface area contributed by atoms with Crippen molar-refractivity contribution in [2.24, 2.45) is 5.41 Å². The lowest BCUT2D eigenvalue weighted by molar-refractivity contribution is -0.132. The van der Waals surface area contributed by atoms with Crippen LogP contribution in [0.15, 0.2) is 23.5 Å². The number of allylic oxidation sites excluding steroid dienone is 3. The molecule has 88 valence electrons. The van der Waals surface area contributed by atoms with Gasteiger partial charge in [-0.2, -0.15) is 0 Å². The minimum Gasteiger partial charge on any atom is -0.493 e. The first-order valence-corrected chi connectivity index (χ1v) is 5.52. The average molecular weight is 222 g/mol. The zero-order valence-corrected chi connectivity index (χ0v) is 10.3. The molecule has 0 spiro atoms. The zero-order chi connectivity index (χ0) is 12.3. The molecule has 0 saturated carbocycles. The molecule has 0 bridgehead atoms. The number of ketones is 2. The number of Topliss-reactive ketones (excluding diaryl/α,β-unsaturated/α-hetero) is 1. The number of hydrogen-bond donors (Lipinski definition) is 0. The first-order valence-electron chi connectivity index (χ1n) is 5.52. The maximum Gasteiger partial charge on any atom is 0.233 e. The van der Waals surface area contributed by atoms with Crippen LogP contribution in [0.3, 0.4) is 0 Å². The number of hydrogen-bond acceptors (Lipinski definition) is 3. The van der Waals surface area contributed by atoms with Crippen LogP contribution >= 0.6 is 0 Å². The van der Waals surface area contributed by atoms with Gasteiger partial charge in [0, 0.05) is 0 Å². The number of ether oxygens (including phenoxy) is 1. The van der Waals surface area contributed by atoms with Gasteiger partial charge in [0.25, 0.3) is 0 Å². The van der Waals surface area contributed by atoms with Crippen molar-refractivity contribution in [3.05, 3.63) is 23.5 Å². The Morgan fingerprint density at radius 3 is 2.31 bits per heavy atom. The molecule has 0 N–H and O–H groups in total. The highest BCUT2D eigenvalue weighted by molar-refractivity contribution is 6.48. The Hall–Kier alpha value is -1.38. The van der Waals surface area contributed by atoms with Crippen LogP contribution in [0.4, 0.5) is 0 Å². The maximum atomic E-state index is 11.8. The van der Waals surface area contributed by atoms with Gasteiger partial charge in [0.2, 0.25) is 11.6 Å². The van der Waals surface area contributed by atoms with E-state index >= 15 is 0 Å². The number of rotatable bonds is 3. The van der Waals surface area contributed by atoms with Gasteiger partial charge in [-0.15, -0.1) is 0 Å². The van der Waals surface area contributed by atoms with Gasteiger partial charge < -0.3 is 4.74 Å². The van der Waals surface area contributed by atoms with E-state index < -0.39 is 11.6 Å². The highest BCUT2D eigenvalue weighted by atomic mass is 16.5. The summed E-state index contributed by atoms with van der Waals surface area (Å²) in [7, 11) is 0. The molecule has 0 saturated heterocycles. The summed E-state index contributed by atoms with van der Waals surface area (Å²) in [5.41, 5.74) is 0.106. The van der Waals surface area contributed by atoms with Crippen molar-refractivity contribution in [1.29, 1.82) is 0 Å². The monoisotopic (exact) mass is 222 g/mol. The Morgan fingerprint density at radius 1 is 1.19 bits per heavy atom. The molecule has 0 amide bonds. The first-order chi connectivity index (χ1) is 7.38. The number of carbonyl (C=O) groups is 2. The summed E-state index contributed by atoms with van der Waals surface area (Å²) in [5, 5.41) is 0. The van der Waals surface area contributed by atoms with Crippen molar-refractivity contribution in [1.82, 2.24) is 0 Å². The topological polar surface area (TPSA) is 43.4 Å². The normalized spacial score (nSPS) is 17.0. The van der Waals surface area contributed by atoms with Gasteiger partial charge in [-0.3, -0.25) is 9.59 Å². The zero-order valence-electron chi connectivity index (χ0n) is 10.3. The van der Waals surface area contributed by atoms with Crippen LogP contribution in [0.25, 0.3) is 0 Å². The Labute approximate surface area is 96.2 Å². The summed E-state index contributed by atoms with van der Waals surface area (Å²) in [5.74, 6) is -0.367. The van der Waals surface area contributed by atoms with E-state index in [0.29, 0.717) is 17.9 Å². The fraction of sp³-hybridized carbons (Fsp3) is 0.538. The lowest BCUT2D eigenvalue weighted by Crippen LogP contribution is -2.28. The molecule has 0 heterocycles.